The van der Waals surface area contributed by atoms with Crippen molar-refractivity contribution in [2.24, 2.45) is 0 Å². The van der Waals surface area contributed by atoms with Gasteiger partial charge in [-0.25, -0.2) is 9.37 Å². The van der Waals surface area contributed by atoms with E-state index in [1.54, 1.807) is 12.4 Å². The first-order valence-electron chi connectivity index (χ1n) is 6.00. The molecule has 0 unspecified atom stereocenters. The molecule has 0 aliphatic carbocycles. The van der Waals surface area contributed by atoms with E-state index in [1.165, 1.54) is 12.1 Å². The molecule has 1 N–H and O–H groups in total. The number of fused-ring (bicyclic) bond motifs is 1. The molecule has 0 amide bonds. The Balaban J connectivity index is 2.30. The van der Waals surface area contributed by atoms with Crippen LogP contribution in [0.1, 0.15) is 6.92 Å². The van der Waals surface area contributed by atoms with E-state index in [9.17, 15) is 9.50 Å². The fourth-order valence-electron chi connectivity index (χ4n) is 2.19. The molecule has 3 rings (SSSR count). The molecule has 0 saturated heterocycles. The molecular weight excluding hydrogens is 245 g/mol. The molecule has 2 aromatic heterocycles. The van der Waals surface area contributed by atoms with Gasteiger partial charge in [0.05, 0.1) is 17.3 Å². The molecule has 5 heteroatoms. The van der Waals surface area contributed by atoms with Gasteiger partial charge in [0, 0.05) is 18.8 Å². The summed E-state index contributed by atoms with van der Waals surface area (Å²) in [5.74, 6) is -0.0389. The van der Waals surface area contributed by atoms with E-state index in [4.69, 9.17) is 0 Å². The lowest BCUT2D eigenvalue weighted by Crippen LogP contribution is -1.98. The molecule has 96 valence electrons. The van der Waals surface area contributed by atoms with Gasteiger partial charge in [-0.15, -0.1) is 0 Å². The summed E-state index contributed by atoms with van der Waals surface area (Å²) in [7, 11) is 0. The van der Waals surface area contributed by atoms with Gasteiger partial charge in [-0.1, -0.05) is 0 Å². The van der Waals surface area contributed by atoms with Crippen LogP contribution in [0.5, 0.6) is 5.75 Å². The number of benzene rings is 1. The van der Waals surface area contributed by atoms with Crippen molar-refractivity contribution in [3.63, 3.8) is 0 Å². The predicted molar refractivity (Wildman–Crippen MR) is 70.3 cm³/mol. The maximum absolute atomic E-state index is 14.0. The number of aryl methyl sites for hydroxylation is 1. The monoisotopic (exact) mass is 257 g/mol. The number of imidazole rings is 1. The molecule has 0 aliphatic heterocycles. The highest BCUT2D eigenvalue weighted by molar-refractivity contribution is 5.79. The number of rotatable bonds is 2. The summed E-state index contributed by atoms with van der Waals surface area (Å²) in [5.41, 5.74) is 2.02. The first-order chi connectivity index (χ1) is 9.20. The number of hydrogen-bond acceptors (Lipinski definition) is 3. The molecule has 0 saturated carbocycles. The summed E-state index contributed by atoms with van der Waals surface area (Å²) in [5, 5.41) is 9.27. The van der Waals surface area contributed by atoms with Crippen LogP contribution in [0.15, 0.2) is 36.7 Å². The normalized spacial score (nSPS) is 11.1. The fraction of sp³-hybridized carbons (Fsp3) is 0.143. The van der Waals surface area contributed by atoms with Gasteiger partial charge in [-0.05, 0) is 25.1 Å². The van der Waals surface area contributed by atoms with Crippen LogP contribution in [0, 0.1) is 5.82 Å². The molecule has 0 spiro atoms. The van der Waals surface area contributed by atoms with Gasteiger partial charge in [0.25, 0.3) is 0 Å². The lowest BCUT2D eigenvalue weighted by Gasteiger charge is -2.07. The Bertz CT molecular complexity index is 752. The molecular formula is C14H12FN3O. The average molecular weight is 257 g/mol. The van der Waals surface area contributed by atoms with Gasteiger partial charge in [0.2, 0.25) is 0 Å². The fourth-order valence-corrected chi connectivity index (χ4v) is 2.19. The van der Waals surface area contributed by atoms with Crippen molar-refractivity contribution in [2.45, 2.75) is 13.5 Å². The van der Waals surface area contributed by atoms with E-state index in [2.05, 4.69) is 9.97 Å². The summed E-state index contributed by atoms with van der Waals surface area (Å²) in [4.78, 5) is 8.45. The number of nitrogens with zero attached hydrogens (tertiary/aromatic N) is 3. The van der Waals surface area contributed by atoms with E-state index in [1.807, 2.05) is 17.6 Å². The number of pyridine rings is 1. The maximum atomic E-state index is 14.0. The third-order valence-electron chi connectivity index (χ3n) is 3.06. The van der Waals surface area contributed by atoms with Crippen LogP contribution in [0.25, 0.3) is 22.4 Å². The minimum Gasteiger partial charge on any atom is -0.508 e. The lowest BCUT2D eigenvalue weighted by molar-refractivity contribution is 0.469. The second-order valence-corrected chi connectivity index (χ2v) is 4.21. The van der Waals surface area contributed by atoms with Gasteiger partial charge in [-0.2, -0.15) is 0 Å². The van der Waals surface area contributed by atoms with Crippen LogP contribution in [-0.2, 0) is 6.54 Å². The molecule has 0 atom stereocenters. The Morgan fingerprint density at radius 2 is 2.16 bits per heavy atom. The second kappa shape index (κ2) is 4.35. The Labute approximate surface area is 109 Å². The van der Waals surface area contributed by atoms with E-state index < -0.39 is 5.82 Å². The van der Waals surface area contributed by atoms with Gasteiger partial charge in [0.1, 0.15) is 22.9 Å². The molecule has 2 heterocycles. The smallest absolute Gasteiger partial charge is 0.144 e. The summed E-state index contributed by atoms with van der Waals surface area (Å²) < 4.78 is 15.9. The van der Waals surface area contributed by atoms with Crippen molar-refractivity contribution in [1.82, 2.24) is 14.5 Å². The topological polar surface area (TPSA) is 50.9 Å². The Morgan fingerprint density at radius 1 is 1.32 bits per heavy atom. The van der Waals surface area contributed by atoms with Crippen LogP contribution in [-0.4, -0.2) is 19.6 Å². The minimum absolute atomic E-state index is 0.0953. The Hall–Kier alpha value is -2.43. The zero-order chi connectivity index (χ0) is 13.4. The van der Waals surface area contributed by atoms with E-state index in [-0.39, 0.29) is 5.75 Å². The molecule has 0 aliphatic rings. The Morgan fingerprint density at radius 3 is 2.89 bits per heavy atom. The van der Waals surface area contributed by atoms with Crippen molar-refractivity contribution in [2.75, 3.05) is 0 Å². The quantitative estimate of drug-likeness (QED) is 0.767. The van der Waals surface area contributed by atoms with Crippen LogP contribution < -0.4 is 0 Å². The van der Waals surface area contributed by atoms with E-state index in [0.717, 1.165) is 17.1 Å². The zero-order valence-electron chi connectivity index (χ0n) is 10.3. The van der Waals surface area contributed by atoms with Crippen molar-refractivity contribution in [3.05, 3.63) is 42.5 Å². The van der Waals surface area contributed by atoms with E-state index >= 15 is 0 Å². The van der Waals surface area contributed by atoms with Gasteiger partial charge >= 0.3 is 0 Å². The number of halogens is 1. The average Bonchev–Trinajstić information content (AvgIpc) is 2.76. The highest BCUT2D eigenvalue weighted by atomic mass is 19.1. The van der Waals surface area contributed by atoms with Gasteiger partial charge in [-0.3, -0.25) is 4.98 Å². The van der Waals surface area contributed by atoms with Gasteiger partial charge in [0.15, 0.2) is 0 Å². The summed E-state index contributed by atoms with van der Waals surface area (Å²) >= 11 is 0. The number of phenolic OH excluding ortho intramolecular Hbond substituents is 1. The van der Waals surface area contributed by atoms with Gasteiger partial charge < -0.3 is 9.67 Å². The van der Waals surface area contributed by atoms with E-state index in [0.29, 0.717) is 17.9 Å². The highest BCUT2D eigenvalue weighted by Gasteiger charge is 2.15. The molecule has 3 aromatic rings. The van der Waals surface area contributed by atoms with Crippen molar-refractivity contribution < 1.29 is 9.50 Å². The number of aromatic nitrogens is 3. The predicted octanol–water partition coefficient (Wildman–Crippen LogP) is 2.96. The lowest BCUT2D eigenvalue weighted by atomic mass is 10.2. The van der Waals surface area contributed by atoms with Crippen LogP contribution in [0.3, 0.4) is 0 Å². The summed E-state index contributed by atoms with van der Waals surface area (Å²) in [6.45, 7) is 2.65. The van der Waals surface area contributed by atoms with Crippen molar-refractivity contribution in [1.29, 1.82) is 0 Å². The highest BCUT2D eigenvalue weighted by Crippen LogP contribution is 2.28. The molecule has 0 radical (unpaired) electrons. The summed E-state index contributed by atoms with van der Waals surface area (Å²) in [6.07, 6.45) is 3.34. The summed E-state index contributed by atoms with van der Waals surface area (Å²) in [6, 6.07) is 5.93. The SMILES string of the molecule is CCn1c(-c2ccc(O)cc2F)nc2cnccc21. The molecule has 19 heavy (non-hydrogen) atoms. The van der Waals surface area contributed by atoms with Crippen LogP contribution >= 0.6 is 0 Å². The third-order valence-corrected chi connectivity index (χ3v) is 3.06. The minimum atomic E-state index is -0.488. The number of phenols is 1. The second-order valence-electron chi connectivity index (χ2n) is 4.21. The first kappa shape index (κ1) is 11.6. The zero-order valence-corrected chi connectivity index (χ0v) is 10.3. The van der Waals surface area contributed by atoms with Crippen molar-refractivity contribution >= 4 is 11.0 Å². The molecule has 0 fully saturated rings. The standard InChI is InChI=1S/C14H12FN3O/c1-2-18-13-5-6-16-8-12(13)17-14(18)10-4-3-9(19)7-11(10)15/h3-8,19H,2H2,1H3. The van der Waals surface area contributed by atoms with Crippen LogP contribution in [0.4, 0.5) is 4.39 Å². The first-order valence-corrected chi connectivity index (χ1v) is 6.00. The number of hydrogen-bond donors (Lipinski definition) is 1. The molecule has 1 aromatic carbocycles. The molecule has 4 nitrogen and oxygen atoms in total. The third kappa shape index (κ3) is 1.83. The van der Waals surface area contributed by atoms with Crippen LogP contribution in [0.2, 0.25) is 0 Å². The maximum Gasteiger partial charge on any atom is 0.144 e. The Kier molecular flexibility index (Phi) is 2.67. The molecule has 0 bridgehead atoms. The number of aromatic hydroxyl groups is 1. The van der Waals surface area contributed by atoms with Crippen molar-refractivity contribution in [3.8, 4) is 17.1 Å². The largest absolute Gasteiger partial charge is 0.508 e.